The van der Waals surface area contributed by atoms with Gasteiger partial charge in [-0.15, -0.1) is 11.8 Å². The summed E-state index contributed by atoms with van der Waals surface area (Å²) in [5.41, 5.74) is -0.0973. The molecule has 0 fully saturated rings. The van der Waals surface area contributed by atoms with E-state index >= 15 is 0 Å². The molecule has 92 valence electrons. The molecule has 0 bridgehead atoms. The predicted molar refractivity (Wildman–Crippen MR) is 60.7 cm³/mol. The number of benzene rings is 1. The molecule has 17 heavy (non-hydrogen) atoms. The molecule has 0 amide bonds. The second-order valence-electron chi connectivity index (χ2n) is 3.10. The van der Waals surface area contributed by atoms with Crippen molar-refractivity contribution in [2.75, 3.05) is 12.9 Å². The van der Waals surface area contributed by atoms with Crippen LogP contribution in [0.1, 0.15) is 16.8 Å². The molecule has 0 aliphatic rings. The lowest BCUT2D eigenvalue weighted by Crippen LogP contribution is -2.04. The van der Waals surface area contributed by atoms with Crippen LogP contribution in [0, 0.1) is 5.82 Å². The molecule has 0 saturated carbocycles. The van der Waals surface area contributed by atoms with Gasteiger partial charge in [0.15, 0.2) is 0 Å². The molecule has 1 rings (SSSR count). The van der Waals surface area contributed by atoms with Crippen molar-refractivity contribution in [3.8, 4) is 0 Å². The Morgan fingerprint density at radius 2 is 2.18 bits per heavy atom. The summed E-state index contributed by atoms with van der Waals surface area (Å²) in [5, 5.41) is 8.87. The van der Waals surface area contributed by atoms with Crippen LogP contribution >= 0.6 is 11.8 Å². The molecule has 6 heteroatoms. The minimum atomic E-state index is -1.19. The Bertz CT molecular complexity index is 433. The van der Waals surface area contributed by atoms with Crippen LogP contribution in [0.2, 0.25) is 0 Å². The number of rotatable bonds is 5. The molecule has 0 unspecified atom stereocenters. The molecule has 1 N–H and O–H groups in total. The first-order chi connectivity index (χ1) is 8.06. The van der Waals surface area contributed by atoms with E-state index < -0.39 is 17.8 Å². The number of halogens is 1. The maximum absolute atomic E-state index is 13.4. The number of ether oxygens (including phenoxy) is 1. The topological polar surface area (TPSA) is 63.6 Å². The van der Waals surface area contributed by atoms with Gasteiger partial charge in [0.2, 0.25) is 0 Å². The lowest BCUT2D eigenvalue weighted by atomic mass is 10.2. The third-order valence-electron chi connectivity index (χ3n) is 1.98. The number of methoxy groups -OCH3 is 1. The standard InChI is InChI=1S/C11H11FO4S/c1-16-9(13)5-6-17-10-7(11(14)15)3-2-4-8(10)12/h2-4H,5-6H2,1H3,(H,14,15). The molecule has 4 nitrogen and oxygen atoms in total. The summed E-state index contributed by atoms with van der Waals surface area (Å²) < 4.78 is 17.9. The quantitative estimate of drug-likeness (QED) is 0.647. The molecule has 1 aromatic rings. The van der Waals surface area contributed by atoms with Gasteiger partial charge in [-0.3, -0.25) is 4.79 Å². The first-order valence-corrected chi connectivity index (χ1v) is 5.76. The highest BCUT2D eigenvalue weighted by atomic mass is 32.2. The van der Waals surface area contributed by atoms with Crippen LogP contribution in [-0.2, 0) is 9.53 Å². The van der Waals surface area contributed by atoms with Crippen LogP contribution in [0.3, 0.4) is 0 Å². The van der Waals surface area contributed by atoms with E-state index in [0.717, 1.165) is 11.8 Å². The summed E-state index contributed by atoms with van der Waals surface area (Å²) in [6.45, 7) is 0. The van der Waals surface area contributed by atoms with Crippen LogP contribution in [0.5, 0.6) is 0 Å². The predicted octanol–water partition coefficient (Wildman–Crippen LogP) is 2.18. The zero-order chi connectivity index (χ0) is 12.8. The maximum Gasteiger partial charge on any atom is 0.336 e. The fourth-order valence-electron chi connectivity index (χ4n) is 1.16. The highest BCUT2D eigenvalue weighted by molar-refractivity contribution is 7.99. The second-order valence-corrected chi connectivity index (χ2v) is 4.20. The van der Waals surface area contributed by atoms with Crippen molar-refractivity contribution < 1.29 is 23.8 Å². The third-order valence-corrected chi connectivity index (χ3v) is 3.09. The maximum atomic E-state index is 13.4. The number of hydrogen-bond acceptors (Lipinski definition) is 4. The summed E-state index contributed by atoms with van der Waals surface area (Å²) in [5.74, 6) is -1.93. The normalized spacial score (nSPS) is 10.0. The van der Waals surface area contributed by atoms with Gasteiger partial charge in [0, 0.05) is 5.75 Å². The lowest BCUT2D eigenvalue weighted by molar-refractivity contribution is -0.140. The first-order valence-electron chi connectivity index (χ1n) is 4.77. The Morgan fingerprint density at radius 1 is 1.47 bits per heavy atom. The van der Waals surface area contributed by atoms with Crippen molar-refractivity contribution in [2.45, 2.75) is 11.3 Å². The summed E-state index contributed by atoms with van der Waals surface area (Å²) in [7, 11) is 1.26. The average molecular weight is 258 g/mol. The van der Waals surface area contributed by atoms with E-state index in [1.54, 1.807) is 0 Å². The van der Waals surface area contributed by atoms with Crippen molar-refractivity contribution >= 4 is 23.7 Å². The van der Waals surface area contributed by atoms with Gasteiger partial charge in [-0.05, 0) is 12.1 Å². The van der Waals surface area contributed by atoms with Crippen molar-refractivity contribution in [1.29, 1.82) is 0 Å². The van der Waals surface area contributed by atoms with Crippen LogP contribution in [0.15, 0.2) is 23.1 Å². The molecule has 0 radical (unpaired) electrons. The van der Waals surface area contributed by atoms with Crippen molar-refractivity contribution in [3.63, 3.8) is 0 Å². The zero-order valence-electron chi connectivity index (χ0n) is 9.10. The summed E-state index contributed by atoms with van der Waals surface area (Å²) in [4.78, 5) is 21.8. The minimum Gasteiger partial charge on any atom is -0.478 e. The summed E-state index contributed by atoms with van der Waals surface area (Å²) >= 11 is 0.989. The summed E-state index contributed by atoms with van der Waals surface area (Å²) in [6.07, 6.45) is 0.106. The van der Waals surface area contributed by atoms with Gasteiger partial charge in [-0.2, -0.15) is 0 Å². The minimum absolute atomic E-state index is 0.0453. The molecule has 0 saturated heterocycles. The zero-order valence-corrected chi connectivity index (χ0v) is 9.92. The van der Waals surface area contributed by atoms with Crippen LogP contribution in [-0.4, -0.2) is 29.9 Å². The van der Waals surface area contributed by atoms with E-state index in [9.17, 15) is 14.0 Å². The number of carbonyl (C=O) groups is 2. The molecule has 0 heterocycles. The Kier molecular flexibility index (Phi) is 4.96. The van der Waals surface area contributed by atoms with Crippen LogP contribution in [0.25, 0.3) is 0 Å². The number of esters is 1. The van der Waals surface area contributed by atoms with Crippen LogP contribution < -0.4 is 0 Å². The van der Waals surface area contributed by atoms with E-state index in [1.807, 2.05) is 0 Å². The van der Waals surface area contributed by atoms with E-state index in [4.69, 9.17) is 5.11 Å². The third kappa shape index (κ3) is 3.74. The van der Waals surface area contributed by atoms with Gasteiger partial charge in [0.1, 0.15) is 5.82 Å². The van der Waals surface area contributed by atoms with Gasteiger partial charge in [-0.25, -0.2) is 9.18 Å². The monoisotopic (exact) mass is 258 g/mol. The van der Waals surface area contributed by atoms with Crippen molar-refractivity contribution in [1.82, 2.24) is 0 Å². The SMILES string of the molecule is COC(=O)CCSc1c(F)cccc1C(=O)O. The Labute approximate surface area is 102 Å². The molecule has 1 aromatic carbocycles. The molecule has 0 aliphatic heterocycles. The average Bonchev–Trinajstić information content (AvgIpc) is 2.30. The van der Waals surface area contributed by atoms with Gasteiger partial charge in [0.05, 0.1) is 24.0 Å². The molecule has 0 aliphatic carbocycles. The highest BCUT2D eigenvalue weighted by Gasteiger charge is 2.14. The second kappa shape index (κ2) is 6.24. The van der Waals surface area contributed by atoms with E-state index in [2.05, 4.69) is 4.74 Å². The number of thioether (sulfide) groups is 1. The number of carboxylic acid groups (broad SMARTS) is 1. The Morgan fingerprint density at radius 3 is 2.76 bits per heavy atom. The number of hydrogen-bond donors (Lipinski definition) is 1. The van der Waals surface area contributed by atoms with Gasteiger partial charge in [0.25, 0.3) is 0 Å². The fraction of sp³-hybridized carbons (Fsp3) is 0.273. The van der Waals surface area contributed by atoms with Gasteiger partial charge >= 0.3 is 11.9 Å². The highest BCUT2D eigenvalue weighted by Crippen LogP contribution is 2.26. The molecular formula is C11H11FO4S. The van der Waals surface area contributed by atoms with Gasteiger partial charge < -0.3 is 9.84 Å². The smallest absolute Gasteiger partial charge is 0.336 e. The Hall–Kier alpha value is -1.56. The van der Waals surface area contributed by atoms with Crippen LogP contribution in [0.4, 0.5) is 4.39 Å². The first kappa shape index (κ1) is 13.5. The molecule has 0 atom stereocenters. The largest absolute Gasteiger partial charge is 0.478 e. The molecular weight excluding hydrogens is 247 g/mol. The van der Waals surface area contributed by atoms with Crippen molar-refractivity contribution in [2.24, 2.45) is 0 Å². The number of carboxylic acids is 1. The van der Waals surface area contributed by atoms with E-state index in [1.165, 1.54) is 25.3 Å². The Balaban J connectivity index is 2.76. The van der Waals surface area contributed by atoms with Crippen molar-refractivity contribution in [3.05, 3.63) is 29.6 Å². The molecule has 0 aromatic heterocycles. The lowest BCUT2D eigenvalue weighted by Gasteiger charge is -2.06. The van der Waals surface area contributed by atoms with E-state index in [-0.39, 0.29) is 22.6 Å². The van der Waals surface area contributed by atoms with E-state index in [0.29, 0.717) is 0 Å². The van der Waals surface area contributed by atoms with Gasteiger partial charge in [-0.1, -0.05) is 6.07 Å². The molecule has 0 spiro atoms. The summed E-state index contributed by atoms with van der Waals surface area (Å²) in [6, 6.07) is 3.85. The number of carbonyl (C=O) groups excluding carboxylic acids is 1. The number of aromatic carboxylic acids is 1. The fourth-order valence-corrected chi connectivity index (χ4v) is 2.15.